The van der Waals surface area contributed by atoms with E-state index in [2.05, 4.69) is 6.58 Å². The van der Waals surface area contributed by atoms with Crippen LogP contribution in [0.4, 0.5) is 0 Å². The second-order valence-electron chi connectivity index (χ2n) is 3.88. The van der Waals surface area contributed by atoms with Crippen LogP contribution in [0.1, 0.15) is 25.7 Å². The summed E-state index contributed by atoms with van der Waals surface area (Å²) >= 11 is 0. The van der Waals surface area contributed by atoms with Crippen molar-refractivity contribution in [2.75, 3.05) is 0 Å². The summed E-state index contributed by atoms with van der Waals surface area (Å²) in [7, 11) is 0. The minimum Gasteiger partial charge on any atom is -0.435 e. The molecule has 2 saturated carbocycles. The number of carbonyl (C=O) groups is 1. The van der Waals surface area contributed by atoms with Gasteiger partial charge in [0.25, 0.3) is 0 Å². The molecule has 0 radical (unpaired) electrons. The maximum absolute atomic E-state index is 11.3. The molecule has 0 heterocycles. The summed E-state index contributed by atoms with van der Waals surface area (Å²) in [5.74, 6) is 1.54. The molecule has 0 aliphatic heterocycles. The Morgan fingerprint density at radius 1 is 1.42 bits per heavy atom. The average Bonchev–Trinajstić information content (AvgIpc) is 2.64. The predicted octanol–water partition coefficient (Wildman–Crippen LogP) is 2.11. The van der Waals surface area contributed by atoms with E-state index in [-0.39, 0.29) is 11.9 Å². The summed E-state index contributed by atoms with van der Waals surface area (Å²) in [5, 5.41) is 0. The first kappa shape index (κ1) is 7.84. The Kier molecular flexibility index (Phi) is 1.91. The van der Waals surface area contributed by atoms with Gasteiger partial charge in [-0.05, 0) is 31.1 Å². The predicted molar refractivity (Wildman–Crippen MR) is 45.2 cm³/mol. The van der Waals surface area contributed by atoms with E-state index < -0.39 is 0 Å². The highest BCUT2D eigenvalue weighted by atomic mass is 16.5. The quantitative estimate of drug-likeness (QED) is 0.464. The van der Waals surface area contributed by atoms with E-state index >= 15 is 0 Å². The fourth-order valence-corrected chi connectivity index (χ4v) is 2.70. The largest absolute Gasteiger partial charge is 0.435 e. The topological polar surface area (TPSA) is 26.3 Å². The molecule has 0 aromatic heterocycles. The molecule has 2 fully saturated rings. The molecule has 2 aliphatic rings. The first-order valence-electron chi connectivity index (χ1n) is 4.62. The summed E-state index contributed by atoms with van der Waals surface area (Å²) in [4.78, 5) is 11.3. The molecule has 2 nitrogen and oxygen atoms in total. The van der Waals surface area contributed by atoms with Crippen molar-refractivity contribution >= 4 is 5.97 Å². The molecule has 3 atom stereocenters. The van der Waals surface area contributed by atoms with Crippen LogP contribution in [0, 0.1) is 17.8 Å². The molecule has 2 aliphatic carbocycles. The lowest BCUT2D eigenvalue weighted by Gasteiger charge is -2.18. The van der Waals surface area contributed by atoms with Crippen LogP contribution >= 0.6 is 0 Å². The molecule has 0 N–H and O–H groups in total. The monoisotopic (exact) mass is 166 g/mol. The Balaban J connectivity index is 1.97. The fraction of sp³-hybridized carbons (Fsp3) is 0.700. The van der Waals surface area contributed by atoms with Crippen molar-refractivity contribution < 1.29 is 9.53 Å². The molecule has 2 heteroatoms. The number of hydrogen-bond acceptors (Lipinski definition) is 2. The van der Waals surface area contributed by atoms with Gasteiger partial charge in [-0.25, -0.2) is 0 Å². The first-order chi connectivity index (χ1) is 5.81. The van der Waals surface area contributed by atoms with Gasteiger partial charge in [0.05, 0.1) is 12.2 Å². The van der Waals surface area contributed by atoms with Crippen LogP contribution in [-0.4, -0.2) is 5.97 Å². The van der Waals surface area contributed by atoms with Crippen molar-refractivity contribution in [1.82, 2.24) is 0 Å². The first-order valence-corrected chi connectivity index (χ1v) is 4.62. The minimum atomic E-state index is -0.0581. The van der Waals surface area contributed by atoms with Crippen molar-refractivity contribution in [3.05, 3.63) is 12.8 Å². The zero-order valence-electron chi connectivity index (χ0n) is 7.16. The number of rotatable bonds is 2. The summed E-state index contributed by atoms with van der Waals surface area (Å²) < 4.78 is 4.80. The number of ether oxygens (including phenoxy) is 1. The Labute approximate surface area is 72.6 Å². The maximum Gasteiger partial charge on any atom is 0.314 e. The van der Waals surface area contributed by atoms with Gasteiger partial charge in [0.2, 0.25) is 0 Å². The number of carbonyl (C=O) groups excluding carboxylic acids is 1. The third-order valence-corrected chi connectivity index (χ3v) is 3.24. The molecule has 2 rings (SSSR count). The second-order valence-corrected chi connectivity index (χ2v) is 3.88. The molecule has 0 aromatic carbocycles. The zero-order chi connectivity index (χ0) is 8.55. The molecular formula is C10H14O2. The van der Waals surface area contributed by atoms with E-state index in [1.165, 1.54) is 25.5 Å². The van der Waals surface area contributed by atoms with Crippen LogP contribution in [0.3, 0.4) is 0 Å². The van der Waals surface area contributed by atoms with E-state index in [4.69, 9.17) is 4.74 Å². The van der Waals surface area contributed by atoms with Gasteiger partial charge in [-0.1, -0.05) is 13.0 Å². The van der Waals surface area contributed by atoms with Gasteiger partial charge in [0, 0.05) is 0 Å². The van der Waals surface area contributed by atoms with Gasteiger partial charge in [-0.15, -0.1) is 0 Å². The Morgan fingerprint density at radius 3 is 2.75 bits per heavy atom. The van der Waals surface area contributed by atoms with Crippen LogP contribution < -0.4 is 0 Å². The van der Waals surface area contributed by atoms with Gasteiger partial charge in [-0.2, -0.15) is 0 Å². The summed E-state index contributed by atoms with van der Waals surface area (Å²) in [6.07, 6.45) is 6.09. The highest BCUT2D eigenvalue weighted by Gasteiger charge is 2.43. The normalized spacial score (nSPS) is 38.2. The summed E-state index contributed by atoms with van der Waals surface area (Å²) in [6.45, 7) is 3.39. The average molecular weight is 166 g/mol. The Morgan fingerprint density at radius 2 is 2.25 bits per heavy atom. The van der Waals surface area contributed by atoms with E-state index in [1.54, 1.807) is 0 Å². The molecular weight excluding hydrogens is 152 g/mol. The van der Waals surface area contributed by atoms with Gasteiger partial charge in [0.15, 0.2) is 0 Å². The van der Waals surface area contributed by atoms with E-state index in [0.29, 0.717) is 5.92 Å². The number of esters is 1. The van der Waals surface area contributed by atoms with E-state index in [0.717, 1.165) is 12.3 Å². The fourth-order valence-electron chi connectivity index (χ4n) is 2.70. The van der Waals surface area contributed by atoms with E-state index in [9.17, 15) is 4.79 Å². The molecule has 66 valence electrons. The zero-order valence-corrected chi connectivity index (χ0v) is 7.16. The van der Waals surface area contributed by atoms with Gasteiger partial charge < -0.3 is 4.74 Å². The lowest BCUT2D eigenvalue weighted by Crippen LogP contribution is -2.21. The van der Waals surface area contributed by atoms with Crippen molar-refractivity contribution in [2.45, 2.75) is 25.7 Å². The lowest BCUT2D eigenvalue weighted by molar-refractivity contribution is -0.144. The van der Waals surface area contributed by atoms with Gasteiger partial charge in [-0.3, -0.25) is 4.79 Å². The molecule has 12 heavy (non-hydrogen) atoms. The van der Waals surface area contributed by atoms with Crippen LogP contribution in [0.2, 0.25) is 0 Å². The summed E-state index contributed by atoms with van der Waals surface area (Å²) in [5.41, 5.74) is 0. The SMILES string of the molecule is C=COC(=O)[C@H]1C[C@H]2CC[C@@H]1C2. The molecule has 0 unspecified atom stereocenters. The van der Waals surface area contributed by atoms with Crippen molar-refractivity contribution in [2.24, 2.45) is 17.8 Å². The highest BCUT2D eigenvalue weighted by molar-refractivity contribution is 5.74. The highest BCUT2D eigenvalue weighted by Crippen LogP contribution is 2.48. The second kappa shape index (κ2) is 2.92. The molecule has 0 aromatic rings. The number of hydrogen-bond donors (Lipinski definition) is 0. The Bertz CT molecular complexity index is 210. The van der Waals surface area contributed by atoms with Gasteiger partial charge in [0.1, 0.15) is 0 Å². The Hall–Kier alpha value is -0.790. The molecule has 0 spiro atoms. The smallest absolute Gasteiger partial charge is 0.314 e. The third-order valence-electron chi connectivity index (χ3n) is 3.24. The van der Waals surface area contributed by atoms with Crippen molar-refractivity contribution in [3.63, 3.8) is 0 Å². The van der Waals surface area contributed by atoms with Crippen molar-refractivity contribution in [1.29, 1.82) is 0 Å². The summed E-state index contributed by atoms with van der Waals surface area (Å²) in [6, 6.07) is 0. The van der Waals surface area contributed by atoms with Crippen molar-refractivity contribution in [3.8, 4) is 0 Å². The molecule has 0 amide bonds. The maximum atomic E-state index is 11.3. The standard InChI is InChI=1S/C10H14O2/c1-2-12-10(11)9-6-7-3-4-8(9)5-7/h2,7-9H,1,3-6H2/t7-,8+,9-/m0/s1. The minimum absolute atomic E-state index is 0.0581. The van der Waals surface area contributed by atoms with Crippen LogP contribution in [0.25, 0.3) is 0 Å². The third kappa shape index (κ3) is 1.15. The van der Waals surface area contributed by atoms with Gasteiger partial charge >= 0.3 is 5.97 Å². The van der Waals surface area contributed by atoms with E-state index in [1.807, 2.05) is 0 Å². The molecule has 0 saturated heterocycles. The number of fused-ring (bicyclic) bond motifs is 2. The van der Waals surface area contributed by atoms with Crippen LogP contribution in [0.15, 0.2) is 12.8 Å². The lowest BCUT2D eigenvalue weighted by atomic mass is 9.89. The molecule has 2 bridgehead atoms. The van der Waals surface area contributed by atoms with Crippen LogP contribution in [-0.2, 0) is 9.53 Å². The van der Waals surface area contributed by atoms with Crippen LogP contribution in [0.5, 0.6) is 0 Å².